The number of ether oxygens (including phenoxy) is 1. The first-order valence-electron chi connectivity index (χ1n) is 7.66. The van der Waals surface area contributed by atoms with Crippen molar-refractivity contribution in [1.29, 1.82) is 0 Å². The minimum absolute atomic E-state index is 0.0592. The van der Waals surface area contributed by atoms with Crippen molar-refractivity contribution in [2.45, 2.75) is 12.6 Å². The van der Waals surface area contributed by atoms with Crippen molar-refractivity contribution < 1.29 is 9.53 Å². The highest BCUT2D eigenvalue weighted by Crippen LogP contribution is 2.23. The normalized spacial score (nSPS) is 17.8. The van der Waals surface area contributed by atoms with Gasteiger partial charge in [-0.3, -0.25) is 0 Å². The number of nitrogens with zero attached hydrogens (tertiary/aromatic N) is 1. The van der Waals surface area contributed by atoms with Crippen LogP contribution in [0.2, 0.25) is 5.02 Å². The summed E-state index contributed by atoms with van der Waals surface area (Å²) in [5.41, 5.74) is 2.12. The number of urea groups is 1. The van der Waals surface area contributed by atoms with Crippen LogP contribution in [0, 0.1) is 0 Å². The SMILES string of the molecule is O=C(NCc1ccccc1)N1CCOC(c2ccc(Cl)cc2)C1. The zero-order valence-electron chi connectivity index (χ0n) is 12.7. The van der Waals surface area contributed by atoms with Crippen LogP contribution >= 0.6 is 11.6 Å². The highest BCUT2D eigenvalue weighted by atomic mass is 35.5. The third kappa shape index (κ3) is 4.24. The van der Waals surface area contributed by atoms with Crippen molar-refractivity contribution in [2.24, 2.45) is 0 Å². The average Bonchev–Trinajstić information content (AvgIpc) is 2.61. The fourth-order valence-electron chi connectivity index (χ4n) is 2.60. The van der Waals surface area contributed by atoms with Gasteiger partial charge in [-0.05, 0) is 23.3 Å². The Morgan fingerprint density at radius 2 is 1.91 bits per heavy atom. The summed E-state index contributed by atoms with van der Waals surface area (Å²) in [4.78, 5) is 14.1. The lowest BCUT2D eigenvalue weighted by atomic mass is 10.1. The monoisotopic (exact) mass is 330 g/mol. The number of rotatable bonds is 3. The lowest BCUT2D eigenvalue weighted by Gasteiger charge is -2.33. The molecule has 0 radical (unpaired) electrons. The minimum Gasteiger partial charge on any atom is -0.370 e. The van der Waals surface area contributed by atoms with Crippen molar-refractivity contribution in [3.05, 3.63) is 70.7 Å². The molecule has 2 aromatic carbocycles. The summed E-state index contributed by atoms with van der Waals surface area (Å²) >= 11 is 5.91. The van der Waals surface area contributed by atoms with E-state index in [1.165, 1.54) is 0 Å². The van der Waals surface area contributed by atoms with Crippen molar-refractivity contribution >= 4 is 17.6 Å². The lowest BCUT2D eigenvalue weighted by molar-refractivity contribution is -0.0154. The van der Waals surface area contributed by atoms with E-state index in [1.54, 1.807) is 4.90 Å². The van der Waals surface area contributed by atoms with Gasteiger partial charge in [0.15, 0.2) is 0 Å². The molecule has 0 saturated carbocycles. The number of benzene rings is 2. The molecular formula is C18H19ClN2O2. The molecule has 1 atom stereocenters. The summed E-state index contributed by atoms with van der Waals surface area (Å²) in [5.74, 6) is 0. The number of carbonyl (C=O) groups excluding carboxylic acids is 1. The van der Waals surface area contributed by atoms with Gasteiger partial charge >= 0.3 is 6.03 Å². The third-order valence-electron chi connectivity index (χ3n) is 3.88. The van der Waals surface area contributed by atoms with Crippen molar-refractivity contribution in [2.75, 3.05) is 19.7 Å². The second-order valence-electron chi connectivity index (χ2n) is 5.50. The van der Waals surface area contributed by atoms with Crippen LogP contribution in [0.15, 0.2) is 54.6 Å². The second kappa shape index (κ2) is 7.49. The van der Waals surface area contributed by atoms with Crippen molar-refractivity contribution in [3.63, 3.8) is 0 Å². The molecule has 4 nitrogen and oxygen atoms in total. The number of carbonyl (C=O) groups is 1. The van der Waals surface area contributed by atoms with Crippen molar-refractivity contribution in [3.8, 4) is 0 Å². The summed E-state index contributed by atoms with van der Waals surface area (Å²) < 4.78 is 5.78. The highest BCUT2D eigenvalue weighted by molar-refractivity contribution is 6.30. The Hall–Kier alpha value is -2.04. The largest absolute Gasteiger partial charge is 0.370 e. The molecule has 2 amide bonds. The molecule has 1 unspecified atom stereocenters. The summed E-state index contributed by atoms with van der Waals surface area (Å²) in [6.07, 6.45) is -0.108. The fourth-order valence-corrected chi connectivity index (χ4v) is 2.72. The first-order valence-corrected chi connectivity index (χ1v) is 8.04. The molecule has 1 fully saturated rings. The number of amides is 2. The molecule has 1 aliphatic heterocycles. The zero-order valence-corrected chi connectivity index (χ0v) is 13.5. The van der Waals surface area contributed by atoms with Crippen LogP contribution in [0.1, 0.15) is 17.2 Å². The lowest BCUT2D eigenvalue weighted by Crippen LogP contribution is -2.46. The molecule has 0 aromatic heterocycles. The molecule has 0 spiro atoms. The van der Waals surface area contributed by atoms with E-state index in [0.717, 1.165) is 11.1 Å². The maximum atomic E-state index is 12.3. The van der Waals surface area contributed by atoms with E-state index >= 15 is 0 Å². The molecule has 1 heterocycles. The van der Waals surface area contributed by atoms with Gasteiger partial charge in [0.05, 0.1) is 13.2 Å². The van der Waals surface area contributed by atoms with E-state index in [0.29, 0.717) is 31.3 Å². The zero-order chi connectivity index (χ0) is 16.1. The van der Waals surface area contributed by atoms with Crippen LogP contribution < -0.4 is 5.32 Å². The number of nitrogens with one attached hydrogen (secondary N) is 1. The predicted molar refractivity (Wildman–Crippen MR) is 90.4 cm³/mol. The number of hydrogen-bond acceptors (Lipinski definition) is 2. The Morgan fingerprint density at radius 1 is 1.17 bits per heavy atom. The Morgan fingerprint density at radius 3 is 2.65 bits per heavy atom. The van der Waals surface area contributed by atoms with Gasteiger partial charge in [0.25, 0.3) is 0 Å². The Balaban J connectivity index is 1.57. The first-order chi connectivity index (χ1) is 11.2. The molecule has 0 bridgehead atoms. The molecule has 1 aliphatic rings. The van der Waals surface area contributed by atoms with Crippen LogP contribution in [-0.4, -0.2) is 30.6 Å². The minimum atomic E-state index is -0.108. The summed E-state index contributed by atoms with van der Waals surface area (Å²) in [7, 11) is 0. The van der Waals surface area contributed by atoms with Gasteiger partial charge in [0.2, 0.25) is 0 Å². The predicted octanol–water partition coefficient (Wildman–Crippen LogP) is 3.62. The van der Waals surface area contributed by atoms with Crippen LogP contribution in [0.4, 0.5) is 4.79 Å². The summed E-state index contributed by atoms with van der Waals surface area (Å²) in [6, 6.07) is 17.4. The molecular weight excluding hydrogens is 312 g/mol. The molecule has 23 heavy (non-hydrogen) atoms. The van der Waals surface area contributed by atoms with Crippen LogP contribution in [-0.2, 0) is 11.3 Å². The summed E-state index contributed by atoms with van der Waals surface area (Å²) in [6.45, 7) is 2.21. The van der Waals surface area contributed by atoms with Gasteiger partial charge < -0.3 is 15.0 Å². The van der Waals surface area contributed by atoms with E-state index < -0.39 is 0 Å². The van der Waals surface area contributed by atoms with Gasteiger partial charge in [0, 0.05) is 18.1 Å². The smallest absolute Gasteiger partial charge is 0.317 e. The van der Waals surface area contributed by atoms with Crippen LogP contribution in [0.3, 0.4) is 0 Å². The average molecular weight is 331 g/mol. The van der Waals surface area contributed by atoms with E-state index in [4.69, 9.17) is 16.3 Å². The van der Waals surface area contributed by atoms with Gasteiger partial charge in [-0.15, -0.1) is 0 Å². The van der Waals surface area contributed by atoms with Gasteiger partial charge in [0.1, 0.15) is 6.10 Å². The highest BCUT2D eigenvalue weighted by Gasteiger charge is 2.25. The number of halogens is 1. The molecule has 2 aromatic rings. The topological polar surface area (TPSA) is 41.6 Å². The Bertz CT molecular complexity index is 646. The molecule has 1 N–H and O–H groups in total. The van der Waals surface area contributed by atoms with E-state index in [1.807, 2.05) is 54.6 Å². The number of morpholine rings is 1. The maximum Gasteiger partial charge on any atom is 0.317 e. The molecule has 0 aliphatic carbocycles. The second-order valence-corrected chi connectivity index (χ2v) is 5.94. The molecule has 5 heteroatoms. The quantitative estimate of drug-likeness (QED) is 0.933. The maximum absolute atomic E-state index is 12.3. The standard InChI is InChI=1S/C18H19ClN2O2/c19-16-8-6-15(7-9-16)17-13-21(10-11-23-17)18(22)20-12-14-4-2-1-3-5-14/h1-9,17H,10-13H2,(H,20,22). The Labute approximate surface area is 141 Å². The van der Waals surface area contributed by atoms with Gasteiger partial charge in [-0.25, -0.2) is 4.79 Å². The van der Waals surface area contributed by atoms with E-state index in [-0.39, 0.29) is 12.1 Å². The molecule has 3 rings (SSSR count). The number of hydrogen-bond donors (Lipinski definition) is 1. The van der Waals surface area contributed by atoms with Gasteiger partial charge in [-0.1, -0.05) is 54.1 Å². The van der Waals surface area contributed by atoms with Crippen molar-refractivity contribution in [1.82, 2.24) is 10.2 Å². The Kier molecular flexibility index (Phi) is 5.16. The van der Waals surface area contributed by atoms with E-state index in [2.05, 4.69) is 5.32 Å². The van der Waals surface area contributed by atoms with Gasteiger partial charge in [-0.2, -0.15) is 0 Å². The molecule has 120 valence electrons. The van der Waals surface area contributed by atoms with E-state index in [9.17, 15) is 4.79 Å². The molecule has 1 saturated heterocycles. The van der Waals surface area contributed by atoms with Crippen LogP contribution in [0.5, 0.6) is 0 Å². The third-order valence-corrected chi connectivity index (χ3v) is 4.13. The van der Waals surface area contributed by atoms with Crippen LogP contribution in [0.25, 0.3) is 0 Å². The summed E-state index contributed by atoms with van der Waals surface area (Å²) in [5, 5.41) is 3.66. The first kappa shape index (κ1) is 15.8. The fraction of sp³-hybridized carbons (Fsp3) is 0.278.